The average Bonchev–Trinajstić information content (AvgIpc) is 3.36. The number of hydrogen-bond acceptors (Lipinski definition) is 6. The van der Waals surface area contributed by atoms with Crippen molar-refractivity contribution in [3.05, 3.63) is 0 Å². The zero-order valence-corrected chi connectivity index (χ0v) is 48.2. The molecule has 6 heteroatoms. The van der Waals surface area contributed by atoms with Crippen LogP contribution in [0.5, 0.6) is 0 Å². The molecular weight excluding hydrogens is 865 g/mol. The maximum Gasteiger partial charge on any atom is 0.306 e. The van der Waals surface area contributed by atoms with Gasteiger partial charge in [-0.25, -0.2) is 0 Å². The molecule has 0 saturated heterocycles. The number of carbonyl (C=O) groups is 3. The molecule has 416 valence electrons. The van der Waals surface area contributed by atoms with Gasteiger partial charge in [0.2, 0.25) is 0 Å². The molecular formula is C64H124O6. The van der Waals surface area contributed by atoms with E-state index in [2.05, 4.69) is 34.6 Å². The molecule has 0 aliphatic carbocycles. The van der Waals surface area contributed by atoms with Crippen LogP contribution < -0.4 is 0 Å². The van der Waals surface area contributed by atoms with Crippen molar-refractivity contribution in [1.29, 1.82) is 0 Å². The Morgan fingerprint density at radius 3 is 0.743 bits per heavy atom. The Bertz CT molecular complexity index is 1080. The van der Waals surface area contributed by atoms with Crippen LogP contribution >= 0.6 is 0 Å². The number of ether oxygens (including phenoxy) is 3. The monoisotopic (exact) mass is 989 g/mol. The fourth-order valence-corrected chi connectivity index (χ4v) is 9.87. The van der Waals surface area contributed by atoms with Gasteiger partial charge in [0.05, 0.1) is 0 Å². The van der Waals surface area contributed by atoms with E-state index >= 15 is 0 Å². The van der Waals surface area contributed by atoms with Crippen molar-refractivity contribution in [2.24, 2.45) is 11.8 Å². The van der Waals surface area contributed by atoms with Crippen LogP contribution in [0.1, 0.15) is 362 Å². The van der Waals surface area contributed by atoms with Crippen LogP contribution in [0.2, 0.25) is 0 Å². The third-order valence-corrected chi connectivity index (χ3v) is 15.4. The second-order valence-electron chi connectivity index (χ2n) is 22.5. The summed E-state index contributed by atoms with van der Waals surface area (Å²) in [5, 5.41) is 0. The van der Waals surface area contributed by atoms with Crippen molar-refractivity contribution in [2.45, 2.75) is 368 Å². The van der Waals surface area contributed by atoms with E-state index in [0.29, 0.717) is 19.3 Å². The minimum atomic E-state index is -0.763. The minimum absolute atomic E-state index is 0.0619. The molecule has 0 saturated carbocycles. The Balaban J connectivity index is 4.23. The summed E-state index contributed by atoms with van der Waals surface area (Å²) in [6.45, 7) is 11.5. The smallest absolute Gasteiger partial charge is 0.306 e. The maximum atomic E-state index is 12.9. The SMILES string of the molecule is CCCCCCCCCCCCCCC(=O)OC[C@H](COC(=O)CCCCCCCCCCCCCCCCCCCCC(C)CC)OC(=O)CCCCCCCCCCCCCCCCC(C)CC. The zero-order valence-electron chi connectivity index (χ0n) is 48.2. The maximum absolute atomic E-state index is 12.9. The van der Waals surface area contributed by atoms with Crippen LogP contribution in [0, 0.1) is 11.8 Å². The Morgan fingerprint density at radius 1 is 0.286 bits per heavy atom. The predicted octanol–water partition coefficient (Wildman–Crippen LogP) is 21.2. The minimum Gasteiger partial charge on any atom is -0.462 e. The summed E-state index contributed by atoms with van der Waals surface area (Å²) in [6, 6.07) is 0. The van der Waals surface area contributed by atoms with Gasteiger partial charge in [-0.2, -0.15) is 0 Å². The quantitative estimate of drug-likeness (QED) is 0.0343. The molecule has 0 rings (SSSR count). The van der Waals surface area contributed by atoms with E-state index in [9.17, 15) is 14.4 Å². The normalized spacial score (nSPS) is 12.8. The summed E-state index contributed by atoms with van der Waals surface area (Å²) < 4.78 is 16.9. The number of carbonyl (C=O) groups excluding carboxylic acids is 3. The topological polar surface area (TPSA) is 78.9 Å². The molecule has 70 heavy (non-hydrogen) atoms. The van der Waals surface area contributed by atoms with Crippen LogP contribution in [-0.4, -0.2) is 37.2 Å². The van der Waals surface area contributed by atoms with E-state index in [1.165, 1.54) is 250 Å². The van der Waals surface area contributed by atoms with Crippen LogP contribution in [0.4, 0.5) is 0 Å². The van der Waals surface area contributed by atoms with E-state index in [1.54, 1.807) is 0 Å². The molecule has 0 aliphatic heterocycles. The van der Waals surface area contributed by atoms with Crippen molar-refractivity contribution < 1.29 is 28.6 Å². The molecule has 0 amide bonds. The first kappa shape index (κ1) is 68.4. The van der Waals surface area contributed by atoms with Crippen LogP contribution in [0.15, 0.2) is 0 Å². The summed E-state index contributed by atoms with van der Waals surface area (Å²) in [6.07, 6.45) is 62.3. The first-order valence-electron chi connectivity index (χ1n) is 31.8. The van der Waals surface area contributed by atoms with Crippen LogP contribution in [-0.2, 0) is 28.6 Å². The van der Waals surface area contributed by atoms with Gasteiger partial charge in [-0.3, -0.25) is 14.4 Å². The van der Waals surface area contributed by atoms with Crippen LogP contribution in [0.25, 0.3) is 0 Å². The fraction of sp³-hybridized carbons (Fsp3) is 0.953. The lowest BCUT2D eigenvalue weighted by molar-refractivity contribution is -0.167. The summed E-state index contributed by atoms with van der Waals surface area (Å²) in [5.74, 6) is 0.972. The predicted molar refractivity (Wildman–Crippen MR) is 303 cm³/mol. The second-order valence-corrected chi connectivity index (χ2v) is 22.5. The second kappa shape index (κ2) is 56.7. The van der Waals surface area contributed by atoms with Gasteiger partial charge in [0, 0.05) is 19.3 Å². The first-order chi connectivity index (χ1) is 34.3. The Morgan fingerprint density at radius 2 is 0.500 bits per heavy atom. The average molecular weight is 990 g/mol. The summed E-state index contributed by atoms with van der Waals surface area (Å²) >= 11 is 0. The third-order valence-electron chi connectivity index (χ3n) is 15.4. The van der Waals surface area contributed by atoms with Crippen molar-refractivity contribution in [3.8, 4) is 0 Å². The molecule has 6 nitrogen and oxygen atoms in total. The number of hydrogen-bond donors (Lipinski definition) is 0. The first-order valence-corrected chi connectivity index (χ1v) is 31.8. The highest BCUT2D eigenvalue weighted by Gasteiger charge is 2.19. The highest BCUT2D eigenvalue weighted by molar-refractivity contribution is 5.71. The lowest BCUT2D eigenvalue weighted by Crippen LogP contribution is -2.30. The number of esters is 3. The molecule has 0 aromatic rings. The van der Waals surface area contributed by atoms with Gasteiger partial charge < -0.3 is 14.2 Å². The summed E-state index contributed by atoms with van der Waals surface area (Å²) in [4.78, 5) is 38.2. The molecule has 0 aromatic heterocycles. The molecule has 0 N–H and O–H groups in total. The number of rotatable bonds is 58. The Labute approximate surface area is 438 Å². The molecule has 0 aromatic carbocycles. The van der Waals surface area contributed by atoms with Gasteiger partial charge in [-0.05, 0) is 31.1 Å². The van der Waals surface area contributed by atoms with E-state index in [1.807, 2.05) is 0 Å². The van der Waals surface area contributed by atoms with Gasteiger partial charge in [0.1, 0.15) is 13.2 Å². The lowest BCUT2D eigenvalue weighted by atomic mass is 9.99. The fourth-order valence-electron chi connectivity index (χ4n) is 9.87. The molecule has 0 heterocycles. The zero-order chi connectivity index (χ0) is 51.1. The van der Waals surface area contributed by atoms with Gasteiger partial charge in [0.25, 0.3) is 0 Å². The molecule has 0 bridgehead atoms. The van der Waals surface area contributed by atoms with Gasteiger partial charge in [-0.15, -0.1) is 0 Å². The Hall–Kier alpha value is -1.59. The van der Waals surface area contributed by atoms with E-state index in [0.717, 1.165) is 69.6 Å². The van der Waals surface area contributed by atoms with Crippen molar-refractivity contribution in [3.63, 3.8) is 0 Å². The largest absolute Gasteiger partial charge is 0.462 e. The van der Waals surface area contributed by atoms with Gasteiger partial charge in [0.15, 0.2) is 6.10 Å². The molecule has 0 aliphatic rings. The molecule has 3 atom stereocenters. The van der Waals surface area contributed by atoms with Crippen LogP contribution in [0.3, 0.4) is 0 Å². The number of unbranched alkanes of at least 4 members (excludes halogenated alkanes) is 41. The standard InChI is InChI=1S/C64H124O6/c1-6-9-10-11-12-13-14-29-34-39-44-49-54-62(65)68-57-61(70-64(67)56-51-46-41-36-31-26-22-21-24-28-33-38-43-48-53-60(5)8-3)58-69-63(66)55-50-45-40-35-30-25-20-18-16-15-17-19-23-27-32-37-42-47-52-59(4)7-2/h59-61H,6-58H2,1-5H3/t59?,60?,61-/m1/s1. The highest BCUT2D eigenvalue weighted by atomic mass is 16.6. The molecule has 0 spiro atoms. The van der Waals surface area contributed by atoms with Gasteiger partial charge >= 0.3 is 17.9 Å². The third kappa shape index (κ3) is 54.2. The summed E-state index contributed by atoms with van der Waals surface area (Å²) in [5.41, 5.74) is 0. The van der Waals surface area contributed by atoms with E-state index in [-0.39, 0.29) is 31.1 Å². The lowest BCUT2D eigenvalue weighted by Gasteiger charge is -2.18. The van der Waals surface area contributed by atoms with Crippen molar-refractivity contribution in [2.75, 3.05) is 13.2 Å². The highest BCUT2D eigenvalue weighted by Crippen LogP contribution is 2.20. The van der Waals surface area contributed by atoms with Gasteiger partial charge in [-0.1, -0.05) is 324 Å². The summed E-state index contributed by atoms with van der Waals surface area (Å²) in [7, 11) is 0. The Kier molecular flexibility index (Phi) is 55.4. The van der Waals surface area contributed by atoms with E-state index < -0.39 is 6.10 Å². The molecule has 0 radical (unpaired) electrons. The molecule has 0 fully saturated rings. The van der Waals surface area contributed by atoms with Crippen molar-refractivity contribution >= 4 is 17.9 Å². The molecule has 2 unspecified atom stereocenters. The van der Waals surface area contributed by atoms with E-state index in [4.69, 9.17) is 14.2 Å². The van der Waals surface area contributed by atoms with Crippen molar-refractivity contribution in [1.82, 2.24) is 0 Å².